The molecule has 3 aromatic rings. The summed E-state index contributed by atoms with van der Waals surface area (Å²) in [6, 6.07) is 9.16. The minimum atomic E-state index is -4.60. The van der Waals surface area contributed by atoms with E-state index >= 15 is 0 Å². The van der Waals surface area contributed by atoms with E-state index in [1.165, 1.54) is 30.5 Å². The zero-order valence-corrected chi connectivity index (χ0v) is 14.3. The number of halogens is 5. The summed E-state index contributed by atoms with van der Waals surface area (Å²) in [5.41, 5.74) is -0.394. The predicted octanol–water partition coefficient (Wildman–Crippen LogP) is 5.04. The first-order chi connectivity index (χ1) is 12.8. The summed E-state index contributed by atoms with van der Waals surface area (Å²) in [5, 5.41) is 12.8. The van der Waals surface area contributed by atoms with Crippen molar-refractivity contribution >= 4 is 29.1 Å². The standard InChI is InChI=1S/C17H12ClF4N5/c18-11-3-6-14(13(7-11)17(20,21)22)25-16-26-15(9-24-27-16)23-8-10-1-4-12(19)5-2-10/h1-7,9H,8H2,(H2,23,25,26,27). The largest absolute Gasteiger partial charge is 0.418 e. The van der Waals surface area contributed by atoms with Crippen LogP contribution < -0.4 is 10.6 Å². The Labute approximate surface area is 156 Å². The van der Waals surface area contributed by atoms with Gasteiger partial charge in [-0.25, -0.2) is 4.39 Å². The van der Waals surface area contributed by atoms with E-state index in [-0.39, 0.29) is 22.5 Å². The lowest BCUT2D eigenvalue weighted by molar-refractivity contribution is -0.136. The minimum absolute atomic E-state index is 0.0402. The number of benzene rings is 2. The Hall–Kier alpha value is -2.94. The molecule has 2 aromatic carbocycles. The molecular formula is C17H12ClF4N5. The number of hydrogen-bond acceptors (Lipinski definition) is 5. The van der Waals surface area contributed by atoms with Crippen molar-refractivity contribution in [2.75, 3.05) is 10.6 Å². The van der Waals surface area contributed by atoms with Gasteiger partial charge in [-0.15, -0.1) is 5.10 Å². The average molecular weight is 398 g/mol. The summed E-state index contributed by atoms with van der Waals surface area (Å²) in [5.74, 6) is -0.177. The van der Waals surface area contributed by atoms with Gasteiger partial charge in [0.1, 0.15) is 5.82 Å². The fraction of sp³-hybridized carbons (Fsp3) is 0.118. The molecule has 0 saturated carbocycles. The Balaban J connectivity index is 1.75. The number of nitrogens with one attached hydrogen (secondary N) is 2. The Morgan fingerprint density at radius 2 is 1.78 bits per heavy atom. The first-order valence-corrected chi connectivity index (χ1v) is 8.01. The van der Waals surface area contributed by atoms with Crippen molar-refractivity contribution in [2.45, 2.75) is 12.7 Å². The molecule has 0 amide bonds. The molecular weight excluding hydrogens is 386 g/mol. The third-order valence-corrected chi connectivity index (χ3v) is 3.71. The molecule has 0 aliphatic carbocycles. The molecule has 0 unspecified atom stereocenters. The van der Waals surface area contributed by atoms with Crippen LogP contribution in [0, 0.1) is 5.82 Å². The van der Waals surface area contributed by atoms with Crippen LogP contribution in [0.15, 0.2) is 48.7 Å². The zero-order valence-electron chi connectivity index (χ0n) is 13.6. The van der Waals surface area contributed by atoms with Gasteiger partial charge < -0.3 is 10.6 Å². The smallest absolute Gasteiger partial charge is 0.365 e. The van der Waals surface area contributed by atoms with Crippen LogP contribution >= 0.6 is 11.6 Å². The number of rotatable bonds is 5. The Bertz CT molecular complexity index is 931. The molecule has 0 aliphatic heterocycles. The number of anilines is 3. The molecule has 3 rings (SSSR count). The van der Waals surface area contributed by atoms with Crippen molar-refractivity contribution in [3.63, 3.8) is 0 Å². The van der Waals surface area contributed by atoms with E-state index in [0.717, 1.165) is 11.6 Å². The molecule has 0 atom stereocenters. The van der Waals surface area contributed by atoms with Crippen LogP contribution in [0.3, 0.4) is 0 Å². The van der Waals surface area contributed by atoms with E-state index < -0.39 is 11.7 Å². The lowest BCUT2D eigenvalue weighted by Gasteiger charge is -2.14. The van der Waals surface area contributed by atoms with Gasteiger partial charge in [-0.1, -0.05) is 23.7 Å². The fourth-order valence-corrected chi connectivity index (χ4v) is 2.39. The van der Waals surface area contributed by atoms with Gasteiger partial charge in [0.15, 0.2) is 5.82 Å². The van der Waals surface area contributed by atoms with E-state index in [2.05, 4.69) is 25.8 Å². The van der Waals surface area contributed by atoms with Gasteiger partial charge in [0.25, 0.3) is 0 Å². The summed E-state index contributed by atoms with van der Waals surface area (Å²) < 4.78 is 52.4. The van der Waals surface area contributed by atoms with Crippen LogP contribution in [0.25, 0.3) is 0 Å². The van der Waals surface area contributed by atoms with Gasteiger partial charge in [0.05, 0.1) is 17.4 Å². The first kappa shape index (κ1) is 18.8. The first-order valence-electron chi connectivity index (χ1n) is 7.63. The van der Waals surface area contributed by atoms with Gasteiger partial charge in [0.2, 0.25) is 5.95 Å². The second kappa shape index (κ2) is 7.75. The third kappa shape index (κ3) is 5.04. The van der Waals surface area contributed by atoms with Crippen molar-refractivity contribution in [3.8, 4) is 0 Å². The molecule has 5 nitrogen and oxygen atoms in total. The van der Waals surface area contributed by atoms with Crippen LogP contribution in [-0.4, -0.2) is 15.2 Å². The fourth-order valence-electron chi connectivity index (χ4n) is 2.22. The summed E-state index contributed by atoms with van der Waals surface area (Å²) in [6.45, 7) is 0.327. The Kier molecular flexibility index (Phi) is 5.41. The minimum Gasteiger partial charge on any atom is -0.365 e. The number of hydrogen-bond donors (Lipinski definition) is 2. The van der Waals surface area contributed by atoms with E-state index in [4.69, 9.17) is 11.6 Å². The number of nitrogens with zero attached hydrogens (tertiary/aromatic N) is 3. The maximum absolute atomic E-state index is 13.2. The molecule has 0 fully saturated rings. The maximum Gasteiger partial charge on any atom is 0.418 e. The lowest BCUT2D eigenvalue weighted by atomic mass is 10.1. The molecule has 27 heavy (non-hydrogen) atoms. The summed E-state index contributed by atoms with van der Waals surface area (Å²) >= 11 is 5.66. The zero-order chi connectivity index (χ0) is 19.4. The van der Waals surface area contributed by atoms with Crippen molar-refractivity contribution in [2.24, 2.45) is 0 Å². The average Bonchev–Trinajstić information content (AvgIpc) is 2.62. The highest BCUT2D eigenvalue weighted by Gasteiger charge is 2.34. The second-order valence-electron chi connectivity index (χ2n) is 5.46. The quantitative estimate of drug-likeness (QED) is 0.591. The molecule has 0 radical (unpaired) electrons. The highest BCUT2D eigenvalue weighted by atomic mass is 35.5. The molecule has 0 bridgehead atoms. The number of alkyl halides is 3. The molecule has 2 N–H and O–H groups in total. The molecule has 1 aromatic heterocycles. The SMILES string of the molecule is Fc1ccc(CNc2cnnc(Nc3ccc(Cl)cc3C(F)(F)F)n2)cc1. The topological polar surface area (TPSA) is 62.7 Å². The summed E-state index contributed by atoms with van der Waals surface area (Å²) in [4.78, 5) is 4.08. The van der Waals surface area contributed by atoms with Crippen LogP contribution in [-0.2, 0) is 12.7 Å². The summed E-state index contributed by atoms with van der Waals surface area (Å²) in [7, 11) is 0. The van der Waals surface area contributed by atoms with E-state index in [1.807, 2.05) is 0 Å². The van der Waals surface area contributed by atoms with Crippen LogP contribution in [0.2, 0.25) is 5.02 Å². The normalized spacial score (nSPS) is 11.3. The van der Waals surface area contributed by atoms with Gasteiger partial charge in [-0.3, -0.25) is 0 Å². The molecule has 0 aliphatic rings. The van der Waals surface area contributed by atoms with Crippen LogP contribution in [0.5, 0.6) is 0 Å². The van der Waals surface area contributed by atoms with Crippen molar-refractivity contribution < 1.29 is 17.6 Å². The van der Waals surface area contributed by atoms with E-state index in [1.54, 1.807) is 12.1 Å². The van der Waals surface area contributed by atoms with Gasteiger partial charge in [-0.2, -0.15) is 23.3 Å². The molecule has 10 heteroatoms. The van der Waals surface area contributed by atoms with Crippen LogP contribution in [0.1, 0.15) is 11.1 Å². The Morgan fingerprint density at radius 3 is 2.48 bits per heavy atom. The van der Waals surface area contributed by atoms with Gasteiger partial charge in [0, 0.05) is 11.6 Å². The van der Waals surface area contributed by atoms with Gasteiger partial charge in [-0.05, 0) is 35.9 Å². The third-order valence-electron chi connectivity index (χ3n) is 3.48. The Morgan fingerprint density at radius 1 is 1.04 bits per heavy atom. The highest BCUT2D eigenvalue weighted by Crippen LogP contribution is 2.37. The maximum atomic E-state index is 13.2. The van der Waals surface area contributed by atoms with Crippen LogP contribution in [0.4, 0.5) is 35.0 Å². The lowest BCUT2D eigenvalue weighted by Crippen LogP contribution is -2.11. The molecule has 0 spiro atoms. The molecule has 1 heterocycles. The highest BCUT2D eigenvalue weighted by molar-refractivity contribution is 6.30. The number of aromatic nitrogens is 3. The molecule has 140 valence electrons. The van der Waals surface area contributed by atoms with Crippen molar-refractivity contribution in [1.29, 1.82) is 0 Å². The monoisotopic (exact) mass is 397 g/mol. The van der Waals surface area contributed by atoms with Crippen molar-refractivity contribution in [1.82, 2.24) is 15.2 Å². The van der Waals surface area contributed by atoms with E-state index in [0.29, 0.717) is 12.4 Å². The van der Waals surface area contributed by atoms with Crippen molar-refractivity contribution in [3.05, 3.63) is 70.6 Å². The second-order valence-corrected chi connectivity index (χ2v) is 5.89. The predicted molar refractivity (Wildman–Crippen MR) is 93.3 cm³/mol. The van der Waals surface area contributed by atoms with E-state index in [9.17, 15) is 17.6 Å². The molecule has 0 saturated heterocycles. The summed E-state index contributed by atoms with van der Waals surface area (Å²) in [6.07, 6.45) is -3.28. The van der Waals surface area contributed by atoms with Gasteiger partial charge >= 0.3 is 6.18 Å².